The molecule has 0 spiro atoms. The average molecular weight is 282 g/mol. The van der Waals surface area contributed by atoms with Crippen LogP contribution in [-0.4, -0.2) is 24.0 Å². The summed E-state index contributed by atoms with van der Waals surface area (Å²) in [6, 6.07) is 0. The Bertz CT molecular complexity index is 385. The van der Waals surface area contributed by atoms with Crippen molar-refractivity contribution in [1.82, 2.24) is 15.6 Å². The van der Waals surface area contributed by atoms with Crippen molar-refractivity contribution in [3.8, 4) is 0 Å². The molecule has 0 fully saturated rings. The number of nitrogens with zero attached hydrogens (tertiary/aromatic N) is 2. The third-order valence-corrected chi connectivity index (χ3v) is 3.55. The molecule has 2 N–H and O–H groups in total. The summed E-state index contributed by atoms with van der Waals surface area (Å²) in [5, 5.41) is 9.81. The van der Waals surface area contributed by atoms with Crippen LogP contribution in [-0.2, 0) is 6.54 Å². The Morgan fingerprint density at radius 1 is 1.37 bits per heavy atom. The van der Waals surface area contributed by atoms with Crippen LogP contribution in [0.1, 0.15) is 57.2 Å². The molecule has 0 unspecified atom stereocenters. The number of hydrogen-bond donors (Lipinski definition) is 2. The van der Waals surface area contributed by atoms with Crippen molar-refractivity contribution in [2.45, 2.75) is 53.0 Å². The van der Waals surface area contributed by atoms with E-state index in [1.165, 1.54) is 18.5 Å². The summed E-state index contributed by atoms with van der Waals surface area (Å²) in [4.78, 5) is 9.16. The highest BCUT2D eigenvalue weighted by molar-refractivity contribution is 7.09. The Labute approximate surface area is 120 Å². The van der Waals surface area contributed by atoms with Gasteiger partial charge in [0.2, 0.25) is 0 Å². The third kappa shape index (κ3) is 6.05. The summed E-state index contributed by atoms with van der Waals surface area (Å²) in [5.41, 5.74) is 1.17. The Hall–Kier alpha value is -1.10. The van der Waals surface area contributed by atoms with E-state index >= 15 is 0 Å². The number of thiazole rings is 1. The van der Waals surface area contributed by atoms with Gasteiger partial charge in [-0.05, 0) is 19.3 Å². The average Bonchev–Trinajstić information content (AvgIpc) is 2.85. The fourth-order valence-electron chi connectivity index (χ4n) is 1.53. The minimum atomic E-state index is 0.491. The van der Waals surface area contributed by atoms with Gasteiger partial charge >= 0.3 is 0 Å². The predicted molar refractivity (Wildman–Crippen MR) is 83.9 cm³/mol. The summed E-state index contributed by atoms with van der Waals surface area (Å²) < 4.78 is 0. The van der Waals surface area contributed by atoms with Crippen molar-refractivity contribution in [1.29, 1.82) is 0 Å². The van der Waals surface area contributed by atoms with Crippen LogP contribution in [0.3, 0.4) is 0 Å². The fourth-order valence-corrected chi connectivity index (χ4v) is 2.41. The van der Waals surface area contributed by atoms with Crippen LogP contribution in [0.2, 0.25) is 0 Å². The van der Waals surface area contributed by atoms with Gasteiger partial charge in [0.05, 0.1) is 12.2 Å². The van der Waals surface area contributed by atoms with Gasteiger partial charge in [-0.3, -0.25) is 0 Å². The van der Waals surface area contributed by atoms with Crippen molar-refractivity contribution in [2.24, 2.45) is 4.99 Å². The van der Waals surface area contributed by atoms with E-state index in [0.29, 0.717) is 12.5 Å². The molecule has 1 heterocycles. The number of nitrogens with one attached hydrogen (secondary N) is 2. The quantitative estimate of drug-likeness (QED) is 0.459. The maximum Gasteiger partial charge on any atom is 0.191 e. The SMILES string of the molecule is CCCCNC(=NCc1nc(C(C)C)cs1)NCC. The zero-order chi connectivity index (χ0) is 14.1. The van der Waals surface area contributed by atoms with Crippen LogP contribution in [0.5, 0.6) is 0 Å². The Kier molecular flexibility index (Phi) is 7.48. The lowest BCUT2D eigenvalue weighted by atomic mass is 10.2. The molecule has 0 atom stereocenters. The first-order valence-electron chi connectivity index (χ1n) is 7.13. The highest BCUT2D eigenvalue weighted by Crippen LogP contribution is 2.18. The molecule has 0 saturated heterocycles. The Morgan fingerprint density at radius 3 is 2.74 bits per heavy atom. The second kappa shape index (κ2) is 8.91. The van der Waals surface area contributed by atoms with Crippen LogP contribution in [0.15, 0.2) is 10.4 Å². The van der Waals surface area contributed by atoms with Crippen molar-refractivity contribution in [3.05, 3.63) is 16.1 Å². The number of rotatable bonds is 7. The van der Waals surface area contributed by atoms with E-state index in [0.717, 1.165) is 24.1 Å². The first-order valence-corrected chi connectivity index (χ1v) is 8.01. The van der Waals surface area contributed by atoms with Gasteiger partial charge in [0.1, 0.15) is 5.01 Å². The number of unbranched alkanes of at least 4 members (excludes halogenated alkanes) is 1. The Morgan fingerprint density at radius 2 is 2.16 bits per heavy atom. The molecule has 108 valence electrons. The monoisotopic (exact) mass is 282 g/mol. The number of aliphatic imine (C=N–C) groups is 1. The van der Waals surface area contributed by atoms with E-state index in [-0.39, 0.29) is 0 Å². The Balaban J connectivity index is 2.52. The summed E-state index contributed by atoms with van der Waals surface area (Å²) in [6.07, 6.45) is 2.36. The minimum Gasteiger partial charge on any atom is -0.357 e. The number of aromatic nitrogens is 1. The first kappa shape index (κ1) is 16.0. The van der Waals surface area contributed by atoms with Crippen molar-refractivity contribution in [2.75, 3.05) is 13.1 Å². The highest BCUT2D eigenvalue weighted by Gasteiger charge is 2.05. The molecule has 0 aliphatic carbocycles. The first-order chi connectivity index (χ1) is 9.17. The summed E-state index contributed by atoms with van der Waals surface area (Å²) >= 11 is 1.69. The maximum absolute atomic E-state index is 4.59. The lowest BCUT2D eigenvalue weighted by molar-refractivity contribution is 0.729. The molecule has 0 aromatic carbocycles. The predicted octanol–water partition coefficient (Wildman–Crippen LogP) is 3.12. The maximum atomic E-state index is 4.59. The normalized spacial score (nSPS) is 11.9. The molecule has 19 heavy (non-hydrogen) atoms. The standard InChI is InChI=1S/C14H26N4S/c1-5-7-8-16-14(15-6-2)17-9-13-18-12(10-19-13)11(3)4/h10-11H,5-9H2,1-4H3,(H2,15,16,17). The van der Waals surface area contributed by atoms with E-state index in [1.54, 1.807) is 11.3 Å². The zero-order valence-corrected chi connectivity index (χ0v) is 13.3. The molecule has 1 rings (SSSR count). The molecule has 0 saturated carbocycles. The van der Waals surface area contributed by atoms with Gasteiger partial charge in [-0.25, -0.2) is 9.98 Å². The molecule has 0 aliphatic heterocycles. The second-order valence-corrected chi connectivity index (χ2v) is 5.74. The van der Waals surface area contributed by atoms with Crippen LogP contribution >= 0.6 is 11.3 Å². The van der Waals surface area contributed by atoms with Crippen LogP contribution in [0.4, 0.5) is 0 Å². The van der Waals surface area contributed by atoms with Crippen molar-refractivity contribution < 1.29 is 0 Å². The van der Waals surface area contributed by atoms with E-state index in [2.05, 4.69) is 53.7 Å². The smallest absolute Gasteiger partial charge is 0.191 e. The molecular weight excluding hydrogens is 256 g/mol. The van der Waals surface area contributed by atoms with Crippen LogP contribution < -0.4 is 10.6 Å². The van der Waals surface area contributed by atoms with E-state index < -0.39 is 0 Å². The van der Waals surface area contributed by atoms with Gasteiger partial charge in [0, 0.05) is 18.5 Å². The van der Waals surface area contributed by atoms with E-state index in [4.69, 9.17) is 0 Å². The third-order valence-electron chi connectivity index (χ3n) is 2.70. The second-order valence-electron chi connectivity index (χ2n) is 4.80. The summed E-state index contributed by atoms with van der Waals surface area (Å²) in [5.74, 6) is 1.38. The summed E-state index contributed by atoms with van der Waals surface area (Å²) in [7, 11) is 0. The molecule has 0 bridgehead atoms. The topological polar surface area (TPSA) is 49.3 Å². The number of hydrogen-bond acceptors (Lipinski definition) is 3. The van der Waals surface area contributed by atoms with Crippen LogP contribution in [0.25, 0.3) is 0 Å². The largest absolute Gasteiger partial charge is 0.357 e. The van der Waals surface area contributed by atoms with E-state index in [1.807, 2.05) is 0 Å². The summed E-state index contributed by atoms with van der Waals surface area (Å²) in [6.45, 7) is 11.1. The molecule has 5 heteroatoms. The van der Waals surface area contributed by atoms with Gasteiger partial charge < -0.3 is 10.6 Å². The lowest BCUT2D eigenvalue weighted by Crippen LogP contribution is -2.37. The van der Waals surface area contributed by atoms with Crippen LogP contribution in [0, 0.1) is 0 Å². The highest BCUT2D eigenvalue weighted by atomic mass is 32.1. The number of guanidine groups is 1. The molecule has 1 aromatic rings. The fraction of sp³-hybridized carbons (Fsp3) is 0.714. The van der Waals surface area contributed by atoms with Gasteiger partial charge in [-0.2, -0.15) is 0 Å². The van der Waals surface area contributed by atoms with Gasteiger partial charge in [0.25, 0.3) is 0 Å². The van der Waals surface area contributed by atoms with Gasteiger partial charge in [-0.1, -0.05) is 27.2 Å². The molecule has 1 aromatic heterocycles. The molecule has 0 amide bonds. The van der Waals surface area contributed by atoms with Gasteiger partial charge in [0.15, 0.2) is 5.96 Å². The lowest BCUT2D eigenvalue weighted by Gasteiger charge is -2.10. The zero-order valence-electron chi connectivity index (χ0n) is 12.5. The molecule has 0 radical (unpaired) electrons. The molecule has 0 aliphatic rings. The molecule has 4 nitrogen and oxygen atoms in total. The minimum absolute atomic E-state index is 0.491. The van der Waals surface area contributed by atoms with Crippen molar-refractivity contribution >= 4 is 17.3 Å². The van der Waals surface area contributed by atoms with E-state index in [9.17, 15) is 0 Å². The molecular formula is C14H26N4S. The van der Waals surface area contributed by atoms with Crippen molar-refractivity contribution in [3.63, 3.8) is 0 Å². The van der Waals surface area contributed by atoms with Gasteiger partial charge in [-0.15, -0.1) is 11.3 Å².